The molecular weight excluding hydrogens is 306 g/mol. The van der Waals surface area contributed by atoms with Crippen LogP contribution in [0, 0.1) is 17.8 Å². The lowest BCUT2D eigenvalue weighted by atomic mass is 9.80. The molecule has 0 spiro atoms. The van der Waals surface area contributed by atoms with E-state index < -0.39 is 0 Å². The molecule has 22 heavy (non-hydrogen) atoms. The van der Waals surface area contributed by atoms with E-state index in [1.165, 1.54) is 51.4 Å². The normalized spacial score (nSPS) is 46.1. The van der Waals surface area contributed by atoms with Crippen molar-refractivity contribution in [1.82, 2.24) is 4.90 Å². The summed E-state index contributed by atoms with van der Waals surface area (Å²) in [6, 6.07) is 1.60. The van der Waals surface area contributed by atoms with E-state index in [9.17, 15) is 0 Å². The molecule has 0 amide bonds. The highest BCUT2D eigenvalue weighted by Crippen LogP contribution is 2.52. The van der Waals surface area contributed by atoms with Gasteiger partial charge < -0.3 is 4.90 Å². The van der Waals surface area contributed by atoms with Crippen LogP contribution >= 0.6 is 21.6 Å². The molecule has 0 aromatic carbocycles. The molecule has 2 aliphatic carbocycles. The molecule has 1 aliphatic heterocycles. The Morgan fingerprint density at radius 1 is 0.909 bits per heavy atom. The molecule has 0 radical (unpaired) electrons. The van der Waals surface area contributed by atoms with Crippen LogP contribution in [0.4, 0.5) is 0 Å². The van der Waals surface area contributed by atoms with E-state index in [0.717, 1.165) is 40.3 Å². The van der Waals surface area contributed by atoms with E-state index >= 15 is 0 Å². The van der Waals surface area contributed by atoms with Gasteiger partial charge in [0, 0.05) is 22.6 Å². The number of hydrogen-bond donors (Lipinski definition) is 0. The van der Waals surface area contributed by atoms with Crippen LogP contribution in [0.1, 0.15) is 72.1 Å². The summed E-state index contributed by atoms with van der Waals surface area (Å²) in [5.41, 5.74) is 0. The molecule has 5 atom stereocenters. The van der Waals surface area contributed by atoms with Crippen LogP contribution in [0.15, 0.2) is 0 Å². The highest BCUT2D eigenvalue weighted by atomic mass is 33.1. The largest absolute Gasteiger partial charge is 0.301 e. The minimum Gasteiger partial charge on any atom is -0.301 e. The van der Waals surface area contributed by atoms with Gasteiger partial charge in [-0.25, -0.2) is 0 Å². The molecule has 0 N–H and O–H groups in total. The van der Waals surface area contributed by atoms with Crippen LogP contribution in [0.5, 0.6) is 0 Å². The second-order valence-electron chi connectivity index (χ2n) is 8.29. The van der Waals surface area contributed by atoms with Crippen LogP contribution in [0.3, 0.4) is 0 Å². The summed E-state index contributed by atoms with van der Waals surface area (Å²) >= 11 is 0. The van der Waals surface area contributed by atoms with Gasteiger partial charge in [0.15, 0.2) is 0 Å². The van der Waals surface area contributed by atoms with Crippen molar-refractivity contribution in [2.45, 2.75) is 94.7 Å². The summed E-state index contributed by atoms with van der Waals surface area (Å²) in [5, 5.41) is 1.85. The van der Waals surface area contributed by atoms with Gasteiger partial charge in [-0.3, -0.25) is 0 Å². The van der Waals surface area contributed by atoms with E-state index in [2.05, 4.69) is 54.3 Å². The first-order valence-corrected chi connectivity index (χ1v) is 11.9. The van der Waals surface area contributed by atoms with Crippen LogP contribution < -0.4 is 0 Å². The second-order valence-corrected chi connectivity index (χ2v) is 11.2. The van der Waals surface area contributed by atoms with Crippen molar-refractivity contribution < 1.29 is 0 Å². The fourth-order valence-electron chi connectivity index (χ4n) is 5.22. The summed E-state index contributed by atoms with van der Waals surface area (Å²) in [4.78, 5) is 2.65. The zero-order valence-corrected chi connectivity index (χ0v) is 16.6. The number of likely N-dealkylation sites (tertiary alicyclic amines) is 1. The molecule has 3 heteroatoms. The predicted octanol–water partition coefficient (Wildman–Crippen LogP) is 5.84. The molecular formula is C19H35NS2. The van der Waals surface area contributed by atoms with Crippen molar-refractivity contribution in [3.05, 3.63) is 0 Å². The number of hydrogen-bond acceptors (Lipinski definition) is 3. The quantitative estimate of drug-likeness (QED) is 0.578. The third-order valence-corrected chi connectivity index (χ3v) is 10.3. The Hall–Kier alpha value is 0.660. The maximum atomic E-state index is 2.65. The van der Waals surface area contributed by atoms with Crippen molar-refractivity contribution in [1.29, 1.82) is 0 Å². The third kappa shape index (κ3) is 3.83. The molecule has 2 saturated carbocycles. The van der Waals surface area contributed by atoms with Gasteiger partial charge in [-0.2, -0.15) is 0 Å². The van der Waals surface area contributed by atoms with Gasteiger partial charge >= 0.3 is 0 Å². The van der Waals surface area contributed by atoms with E-state index in [4.69, 9.17) is 0 Å². The fraction of sp³-hybridized carbons (Fsp3) is 1.00. The Morgan fingerprint density at radius 2 is 1.50 bits per heavy atom. The molecule has 5 unspecified atom stereocenters. The summed E-state index contributed by atoms with van der Waals surface area (Å²) in [5.74, 6) is 3.14. The number of fused-ring (bicyclic) bond motifs is 2. The highest BCUT2D eigenvalue weighted by molar-refractivity contribution is 8.77. The molecule has 128 valence electrons. The van der Waals surface area contributed by atoms with Gasteiger partial charge in [-0.15, -0.1) is 0 Å². The van der Waals surface area contributed by atoms with Gasteiger partial charge in [0.2, 0.25) is 0 Å². The molecule has 1 saturated heterocycles. The lowest BCUT2D eigenvalue weighted by molar-refractivity contribution is 0.123. The molecule has 0 aromatic rings. The summed E-state index contributed by atoms with van der Waals surface area (Å²) in [6.07, 6.45) is 11.6. The second kappa shape index (κ2) is 7.70. The van der Waals surface area contributed by atoms with Crippen molar-refractivity contribution in [3.8, 4) is 0 Å². The molecule has 0 aromatic heterocycles. The minimum atomic E-state index is 0.769. The number of rotatable bonds is 5. The molecule has 3 rings (SSSR count). The first kappa shape index (κ1) is 17.5. The lowest BCUT2D eigenvalue weighted by Gasteiger charge is -2.42. The summed E-state index contributed by atoms with van der Waals surface area (Å²) in [7, 11) is 6.88. The number of nitrogens with zero attached hydrogens (tertiary/aromatic N) is 1. The Bertz CT molecular complexity index is 347. The van der Waals surface area contributed by atoms with E-state index in [-0.39, 0.29) is 0 Å². The summed E-state index contributed by atoms with van der Waals surface area (Å²) < 4.78 is 0. The van der Waals surface area contributed by atoms with E-state index in [1.54, 1.807) is 0 Å². The van der Waals surface area contributed by atoms with Gasteiger partial charge in [0.25, 0.3) is 0 Å². The zero-order valence-electron chi connectivity index (χ0n) is 15.0. The van der Waals surface area contributed by atoms with Crippen LogP contribution in [0.2, 0.25) is 0 Å². The van der Waals surface area contributed by atoms with Crippen LogP contribution in [0.25, 0.3) is 0 Å². The Kier molecular flexibility index (Phi) is 6.12. The topological polar surface area (TPSA) is 3.24 Å². The standard InChI is InChI=1S/C19H35NS2/c1-5-6-17-12-18(9-13(2)20(17)4)21-22-19-10-15-7-8-16(11-19)14(15)3/h13-19H,5-12H2,1-4H3. The Labute approximate surface area is 146 Å². The van der Waals surface area contributed by atoms with Gasteiger partial charge in [0.1, 0.15) is 0 Å². The fourth-order valence-corrected chi connectivity index (χ4v) is 8.73. The van der Waals surface area contributed by atoms with Gasteiger partial charge in [-0.05, 0) is 76.7 Å². The van der Waals surface area contributed by atoms with Crippen LogP contribution in [-0.4, -0.2) is 34.5 Å². The van der Waals surface area contributed by atoms with Crippen molar-refractivity contribution >= 4 is 21.6 Å². The first-order chi connectivity index (χ1) is 10.6. The highest BCUT2D eigenvalue weighted by Gasteiger charge is 2.40. The predicted molar refractivity (Wildman–Crippen MR) is 103 cm³/mol. The molecule has 1 nitrogen and oxygen atoms in total. The van der Waals surface area contributed by atoms with Crippen molar-refractivity contribution in [3.63, 3.8) is 0 Å². The summed E-state index contributed by atoms with van der Waals surface area (Å²) in [6.45, 7) is 7.29. The van der Waals surface area contributed by atoms with E-state index in [0.29, 0.717) is 0 Å². The van der Waals surface area contributed by atoms with E-state index in [1.807, 2.05) is 0 Å². The maximum Gasteiger partial charge on any atom is 0.0181 e. The molecule has 3 aliphatic rings. The SMILES string of the molecule is CCCC1CC(SSC2CC3CCC(C2)C3C)CC(C)N1C. The Balaban J connectivity index is 1.47. The molecule has 2 bridgehead atoms. The number of piperidine rings is 1. The zero-order chi connectivity index (χ0) is 15.7. The third-order valence-electron chi connectivity index (χ3n) is 6.89. The molecule has 1 heterocycles. The van der Waals surface area contributed by atoms with Crippen molar-refractivity contribution in [2.24, 2.45) is 17.8 Å². The maximum absolute atomic E-state index is 2.65. The monoisotopic (exact) mass is 341 g/mol. The van der Waals surface area contributed by atoms with Gasteiger partial charge in [-0.1, -0.05) is 41.9 Å². The molecule has 3 fully saturated rings. The lowest BCUT2D eigenvalue weighted by Crippen LogP contribution is -2.46. The Morgan fingerprint density at radius 3 is 2.09 bits per heavy atom. The van der Waals surface area contributed by atoms with Crippen molar-refractivity contribution in [2.75, 3.05) is 7.05 Å². The van der Waals surface area contributed by atoms with Crippen LogP contribution in [-0.2, 0) is 0 Å². The smallest absolute Gasteiger partial charge is 0.0181 e. The average Bonchev–Trinajstić information content (AvgIpc) is 2.73. The average molecular weight is 342 g/mol. The van der Waals surface area contributed by atoms with Gasteiger partial charge in [0.05, 0.1) is 0 Å². The minimum absolute atomic E-state index is 0.769. The first-order valence-electron chi connectivity index (χ1n) is 9.62.